The van der Waals surface area contributed by atoms with E-state index in [4.69, 9.17) is 4.74 Å². The van der Waals surface area contributed by atoms with Crippen molar-refractivity contribution in [3.63, 3.8) is 0 Å². The Kier molecular flexibility index (Phi) is 4.36. The maximum Gasteiger partial charge on any atom is 0.249 e. The number of hydrogen-bond acceptors (Lipinski definition) is 4. The minimum absolute atomic E-state index is 0.0326. The Labute approximate surface area is 108 Å². The number of ether oxygens (including phenoxy) is 1. The molecule has 0 aromatic carbocycles. The van der Waals surface area contributed by atoms with Crippen LogP contribution in [0.15, 0.2) is 16.6 Å². The van der Waals surface area contributed by atoms with E-state index < -0.39 is 0 Å². The van der Waals surface area contributed by atoms with E-state index in [9.17, 15) is 4.79 Å². The second-order valence-corrected chi connectivity index (χ2v) is 5.02. The van der Waals surface area contributed by atoms with Crippen LogP contribution in [0, 0.1) is 0 Å². The molecule has 0 aromatic heterocycles. The van der Waals surface area contributed by atoms with Crippen LogP contribution >= 0.6 is 0 Å². The fraction of sp³-hybridized carbons (Fsp3) is 0.692. The number of amides is 1. The second kappa shape index (κ2) is 6.00. The van der Waals surface area contributed by atoms with Crippen LogP contribution < -0.4 is 10.6 Å². The van der Waals surface area contributed by atoms with Gasteiger partial charge in [0.15, 0.2) is 0 Å². The average Bonchev–Trinajstić information content (AvgIpc) is 2.95. The average molecular weight is 251 g/mol. The highest BCUT2D eigenvalue weighted by Gasteiger charge is 2.19. The van der Waals surface area contributed by atoms with Crippen LogP contribution in [-0.4, -0.2) is 43.6 Å². The number of aliphatic imine (C=N–C) groups is 1. The molecule has 0 radical (unpaired) electrons. The standard InChI is InChI=1S/C13H21N3O2/c1-9(2)16-12-6-10(7-14-12)13(17)15-8-11-4-3-5-18-11/h6,9,11H,3-5,7-8H2,1-2H3,(H,14,16)(H,15,17). The van der Waals surface area contributed by atoms with Gasteiger partial charge in [0.05, 0.1) is 12.6 Å². The summed E-state index contributed by atoms with van der Waals surface area (Å²) in [4.78, 5) is 16.2. The minimum atomic E-state index is -0.0326. The quantitative estimate of drug-likeness (QED) is 0.770. The SMILES string of the molecule is CC(C)NC1=NCC(C(=O)NCC2CCCO2)=C1. The number of nitrogens with zero attached hydrogens (tertiary/aromatic N) is 1. The number of carbonyl (C=O) groups is 1. The smallest absolute Gasteiger partial charge is 0.249 e. The summed E-state index contributed by atoms with van der Waals surface area (Å²) in [7, 11) is 0. The van der Waals surface area contributed by atoms with E-state index in [2.05, 4.69) is 15.6 Å². The largest absolute Gasteiger partial charge is 0.376 e. The van der Waals surface area contributed by atoms with Crippen molar-refractivity contribution in [1.82, 2.24) is 10.6 Å². The third-order valence-corrected chi connectivity index (χ3v) is 2.97. The Morgan fingerprint density at radius 3 is 3.11 bits per heavy atom. The molecule has 2 heterocycles. The van der Waals surface area contributed by atoms with Gasteiger partial charge >= 0.3 is 0 Å². The van der Waals surface area contributed by atoms with Crippen LogP contribution in [-0.2, 0) is 9.53 Å². The maximum absolute atomic E-state index is 11.9. The van der Waals surface area contributed by atoms with Crippen LogP contribution in [0.25, 0.3) is 0 Å². The van der Waals surface area contributed by atoms with Gasteiger partial charge in [-0.25, -0.2) is 0 Å². The number of rotatable bonds is 4. The van der Waals surface area contributed by atoms with E-state index in [1.165, 1.54) is 0 Å². The molecule has 2 aliphatic rings. The van der Waals surface area contributed by atoms with Gasteiger partial charge in [-0.3, -0.25) is 9.79 Å². The molecule has 1 saturated heterocycles. The molecule has 1 atom stereocenters. The molecule has 1 unspecified atom stereocenters. The first-order chi connectivity index (χ1) is 8.65. The van der Waals surface area contributed by atoms with Crippen molar-refractivity contribution in [2.24, 2.45) is 4.99 Å². The fourth-order valence-corrected chi connectivity index (χ4v) is 2.07. The zero-order valence-corrected chi connectivity index (χ0v) is 11.0. The van der Waals surface area contributed by atoms with Gasteiger partial charge in [-0.15, -0.1) is 0 Å². The van der Waals surface area contributed by atoms with Crippen LogP contribution in [0.5, 0.6) is 0 Å². The summed E-state index contributed by atoms with van der Waals surface area (Å²) < 4.78 is 5.46. The molecule has 100 valence electrons. The molecule has 2 rings (SSSR count). The molecule has 18 heavy (non-hydrogen) atoms. The maximum atomic E-state index is 11.9. The lowest BCUT2D eigenvalue weighted by Gasteiger charge is -2.10. The lowest BCUT2D eigenvalue weighted by Crippen LogP contribution is -2.33. The highest BCUT2D eigenvalue weighted by molar-refractivity contribution is 6.06. The zero-order valence-electron chi connectivity index (χ0n) is 11.0. The van der Waals surface area contributed by atoms with Gasteiger partial charge in [0.25, 0.3) is 0 Å². The van der Waals surface area contributed by atoms with Crippen molar-refractivity contribution in [1.29, 1.82) is 0 Å². The lowest BCUT2D eigenvalue weighted by atomic mass is 10.2. The van der Waals surface area contributed by atoms with E-state index in [1.807, 2.05) is 19.9 Å². The van der Waals surface area contributed by atoms with E-state index in [0.717, 1.165) is 30.9 Å². The van der Waals surface area contributed by atoms with Gasteiger partial charge in [-0.05, 0) is 32.8 Å². The molecule has 0 bridgehead atoms. The number of hydrogen-bond donors (Lipinski definition) is 2. The predicted molar refractivity (Wildman–Crippen MR) is 70.6 cm³/mol. The molecule has 0 spiro atoms. The number of carbonyl (C=O) groups excluding carboxylic acids is 1. The van der Waals surface area contributed by atoms with Crippen molar-refractivity contribution in [2.75, 3.05) is 19.7 Å². The molecule has 1 amide bonds. The lowest BCUT2D eigenvalue weighted by molar-refractivity contribution is -0.117. The molecular weight excluding hydrogens is 230 g/mol. The van der Waals surface area contributed by atoms with Crippen molar-refractivity contribution in [2.45, 2.75) is 38.8 Å². The van der Waals surface area contributed by atoms with Gasteiger partial charge < -0.3 is 15.4 Å². The summed E-state index contributed by atoms with van der Waals surface area (Å²) in [5.74, 6) is 0.766. The third-order valence-electron chi connectivity index (χ3n) is 2.97. The molecule has 1 fully saturated rings. The molecule has 2 aliphatic heterocycles. The molecule has 5 nitrogen and oxygen atoms in total. The summed E-state index contributed by atoms with van der Waals surface area (Å²) in [6.45, 7) is 5.97. The first kappa shape index (κ1) is 13.1. The van der Waals surface area contributed by atoms with Crippen LogP contribution in [0.2, 0.25) is 0 Å². The first-order valence-electron chi connectivity index (χ1n) is 6.56. The number of nitrogens with one attached hydrogen (secondary N) is 2. The topological polar surface area (TPSA) is 62.7 Å². The van der Waals surface area contributed by atoms with Crippen molar-refractivity contribution in [3.05, 3.63) is 11.6 Å². The normalized spacial score (nSPS) is 22.9. The molecule has 0 saturated carbocycles. The van der Waals surface area contributed by atoms with Gasteiger partial charge in [0, 0.05) is 24.8 Å². The van der Waals surface area contributed by atoms with Gasteiger partial charge in [0.1, 0.15) is 5.84 Å². The summed E-state index contributed by atoms with van der Waals surface area (Å²) in [6.07, 6.45) is 4.14. The third kappa shape index (κ3) is 3.57. The van der Waals surface area contributed by atoms with E-state index >= 15 is 0 Å². The Hall–Kier alpha value is -1.36. The van der Waals surface area contributed by atoms with E-state index in [0.29, 0.717) is 19.1 Å². The van der Waals surface area contributed by atoms with E-state index in [-0.39, 0.29) is 12.0 Å². The fourth-order valence-electron chi connectivity index (χ4n) is 2.07. The highest BCUT2D eigenvalue weighted by Crippen LogP contribution is 2.11. The molecule has 2 N–H and O–H groups in total. The molecule has 5 heteroatoms. The zero-order chi connectivity index (χ0) is 13.0. The molecule has 0 aliphatic carbocycles. The Morgan fingerprint density at radius 1 is 1.61 bits per heavy atom. The van der Waals surface area contributed by atoms with Crippen molar-refractivity contribution >= 4 is 11.7 Å². The van der Waals surface area contributed by atoms with Gasteiger partial charge in [0.2, 0.25) is 5.91 Å². The predicted octanol–water partition coefficient (Wildman–Crippen LogP) is 0.618. The summed E-state index contributed by atoms with van der Waals surface area (Å²) in [5.41, 5.74) is 0.719. The van der Waals surface area contributed by atoms with Crippen LogP contribution in [0.1, 0.15) is 26.7 Å². The van der Waals surface area contributed by atoms with Crippen molar-refractivity contribution < 1.29 is 9.53 Å². The van der Waals surface area contributed by atoms with Gasteiger partial charge in [-0.2, -0.15) is 0 Å². The summed E-state index contributed by atoms with van der Waals surface area (Å²) in [5, 5.41) is 6.10. The summed E-state index contributed by atoms with van der Waals surface area (Å²) >= 11 is 0. The van der Waals surface area contributed by atoms with E-state index in [1.54, 1.807) is 0 Å². The molecular formula is C13H21N3O2. The number of amidine groups is 1. The highest BCUT2D eigenvalue weighted by atomic mass is 16.5. The van der Waals surface area contributed by atoms with Gasteiger partial charge in [-0.1, -0.05) is 0 Å². The van der Waals surface area contributed by atoms with Crippen LogP contribution in [0.4, 0.5) is 0 Å². The van der Waals surface area contributed by atoms with Crippen molar-refractivity contribution in [3.8, 4) is 0 Å². The van der Waals surface area contributed by atoms with Crippen LogP contribution in [0.3, 0.4) is 0 Å². The Bertz CT molecular complexity index is 368. The first-order valence-corrected chi connectivity index (χ1v) is 6.56. The second-order valence-electron chi connectivity index (χ2n) is 5.02. The summed E-state index contributed by atoms with van der Waals surface area (Å²) in [6, 6.07) is 0.328. The Balaban J connectivity index is 1.76. The minimum Gasteiger partial charge on any atom is -0.376 e. The monoisotopic (exact) mass is 251 g/mol. The Morgan fingerprint density at radius 2 is 2.44 bits per heavy atom. The molecule has 0 aromatic rings.